The van der Waals surface area contributed by atoms with Gasteiger partial charge in [-0.1, -0.05) is 60.1 Å². The third kappa shape index (κ3) is 3.13. The highest BCUT2D eigenvalue weighted by Gasteiger charge is 2.69. The van der Waals surface area contributed by atoms with E-state index in [1.807, 2.05) is 0 Å². The molecule has 0 unspecified atom stereocenters. The van der Waals surface area contributed by atoms with Gasteiger partial charge in [0.05, 0.1) is 17.6 Å². The molecule has 0 bridgehead atoms. The number of hydrogen-bond donors (Lipinski definition) is 4. The Morgan fingerprint density at radius 3 is 2.26 bits per heavy atom. The van der Waals surface area contributed by atoms with Crippen molar-refractivity contribution in [3.63, 3.8) is 0 Å². The van der Waals surface area contributed by atoms with Gasteiger partial charge in [-0.05, 0) is 103 Å². The summed E-state index contributed by atoms with van der Waals surface area (Å²) in [5.74, 6) is 6.91. The van der Waals surface area contributed by atoms with Crippen LogP contribution in [0.4, 0.5) is 0 Å². The lowest BCUT2D eigenvalue weighted by molar-refractivity contribution is -0.231. The monoisotopic (exact) mass is 486 g/mol. The van der Waals surface area contributed by atoms with Crippen molar-refractivity contribution < 1.29 is 15.0 Å². The number of fused-ring (bicyclic) bond motifs is 7. The molecule has 5 aliphatic rings. The number of allylic oxidation sites excluding steroid dienone is 2. The maximum atomic E-state index is 13.3. The molecule has 5 aliphatic carbocycles. The maximum Gasteiger partial charge on any atom is 0.240 e. The first kappa shape index (κ1) is 25.7. The smallest absolute Gasteiger partial charge is 0.240 e. The average molecular weight is 487 g/mol. The van der Waals surface area contributed by atoms with Crippen LogP contribution in [0.3, 0.4) is 0 Å². The lowest BCUT2D eigenvalue weighted by Gasteiger charge is -2.71. The maximum absolute atomic E-state index is 13.3. The van der Waals surface area contributed by atoms with Crippen molar-refractivity contribution in [2.45, 2.75) is 118 Å². The Morgan fingerprint density at radius 2 is 1.60 bits per heavy atom. The fourth-order valence-corrected chi connectivity index (χ4v) is 10.9. The van der Waals surface area contributed by atoms with Crippen LogP contribution in [-0.4, -0.2) is 28.3 Å². The van der Waals surface area contributed by atoms with Crippen LogP contribution in [0.1, 0.15) is 106 Å². The van der Waals surface area contributed by atoms with Gasteiger partial charge in [0.25, 0.3) is 0 Å². The van der Waals surface area contributed by atoms with Gasteiger partial charge in [0.1, 0.15) is 0 Å². The van der Waals surface area contributed by atoms with Gasteiger partial charge in [-0.2, -0.15) is 0 Å². The van der Waals surface area contributed by atoms with E-state index in [0.717, 1.165) is 51.4 Å². The molecule has 0 radical (unpaired) electrons. The molecule has 4 saturated carbocycles. The minimum absolute atomic E-state index is 0.0187. The molecule has 4 fully saturated rings. The third-order valence-corrected chi connectivity index (χ3v) is 13.2. The first-order chi connectivity index (χ1) is 16.1. The summed E-state index contributed by atoms with van der Waals surface area (Å²) >= 11 is 0. The van der Waals surface area contributed by atoms with Crippen LogP contribution in [-0.2, 0) is 4.79 Å². The van der Waals surface area contributed by atoms with Gasteiger partial charge in [0.15, 0.2) is 0 Å². The number of amides is 1. The number of carbonyl (C=O) groups excluding carboxylic acids is 1. The van der Waals surface area contributed by atoms with Crippen LogP contribution in [0.15, 0.2) is 11.6 Å². The number of aliphatic hydroxyl groups is 2. The van der Waals surface area contributed by atoms with E-state index in [-0.39, 0.29) is 44.3 Å². The van der Waals surface area contributed by atoms with E-state index in [2.05, 4.69) is 60.0 Å². The molecule has 0 saturated heterocycles. The van der Waals surface area contributed by atoms with Crippen molar-refractivity contribution in [1.82, 2.24) is 5.43 Å². The van der Waals surface area contributed by atoms with Crippen molar-refractivity contribution in [2.75, 3.05) is 0 Å². The predicted molar refractivity (Wildman–Crippen MR) is 139 cm³/mol. The molecule has 9 atom stereocenters. The summed E-state index contributed by atoms with van der Waals surface area (Å²) in [4.78, 5) is 13.3. The summed E-state index contributed by atoms with van der Waals surface area (Å²) in [6, 6.07) is 0. The third-order valence-electron chi connectivity index (χ3n) is 13.2. The van der Waals surface area contributed by atoms with Gasteiger partial charge in [-0.25, -0.2) is 5.84 Å². The number of nitrogens with one attached hydrogen (secondary N) is 1. The van der Waals surface area contributed by atoms with Crippen LogP contribution in [0.25, 0.3) is 0 Å². The first-order valence-electron chi connectivity index (χ1n) is 14.2. The lowest BCUT2D eigenvalue weighted by Crippen LogP contribution is -2.67. The lowest BCUT2D eigenvalue weighted by atomic mass is 9.33. The topological polar surface area (TPSA) is 95.6 Å². The fourth-order valence-electron chi connectivity index (χ4n) is 10.9. The van der Waals surface area contributed by atoms with Crippen LogP contribution in [0.5, 0.6) is 0 Å². The molecule has 0 spiro atoms. The molecule has 0 aliphatic heterocycles. The van der Waals surface area contributed by atoms with Gasteiger partial charge in [-0.15, -0.1) is 0 Å². The van der Waals surface area contributed by atoms with Crippen LogP contribution >= 0.6 is 0 Å². The highest BCUT2D eigenvalue weighted by atomic mass is 16.3. The van der Waals surface area contributed by atoms with Gasteiger partial charge < -0.3 is 10.2 Å². The average Bonchev–Trinajstić information content (AvgIpc) is 2.77. The van der Waals surface area contributed by atoms with E-state index in [1.165, 1.54) is 5.57 Å². The van der Waals surface area contributed by atoms with E-state index in [9.17, 15) is 15.0 Å². The Kier molecular flexibility index (Phi) is 5.56. The Balaban J connectivity index is 1.61. The number of hydrazine groups is 1. The molecular formula is C30H50N2O3. The second-order valence-electron chi connectivity index (χ2n) is 15.4. The van der Waals surface area contributed by atoms with E-state index in [4.69, 9.17) is 5.84 Å². The zero-order valence-corrected chi connectivity index (χ0v) is 23.2. The molecule has 5 rings (SSSR count). The molecule has 1 amide bonds. The number of rotatable bonds is 1. The molecular weight excluding hydrogens is 436 g/mol. The number of carbonyl (C=O) groups is 1. The molecule has 5 heteroatoms. The van der Waals surface area contributed by atoms with Gasteiger partial charge >= 0.3 is 0 Å². The summed E-state index contributed by atoms with van der Waals surface area (Å²) in [6.45, 7) is 16.5. The summed E-state index contributed by atoms with van der Waals surface area (Å²) < 4.78 is 0. The minimum atomic E-state index is -0.668. The minimum Gasteiger partial charge on any atom is -0.390 e. The van der Waals surface area contributed by atoms with E-state index < -0.39 is 12.2 Å². The molecule has 198 valence electrons. The second-order valence-corrected chi connectivity index (χ2v) is 15.4. The molecule has 0 aromatic rings. The molecule has 35 heavy (non-hydrogen) atoms. The first-order valence-corrected chi connectivity index (χ1v) is 14.2. The Morgan fingerprint density at radius 1 is 0.943 bits per heavy atom. The standard InChI is InChI=1S/C30H50N2O3/c1-25(2)12-14-30(24(35)32-31)15-13-28(6)18(19(30)16-25)8-9-22-27(5)17-20(33)23(34)26(3,4)21(27)10-11-29(22,28)7/h8,19-23,33-34H,9-17,31H2,1-7H3,(H,32,35)/t19-,20+,21-,22-,23+,27+,28-,29-,30+/m1/s1. The fraction of sp³-hybridized carbons (Fsp3) is 0.900. The summed E-state index contributed by atoms with van der Waals surface area (Å²) in [5, 5.41) is 21.9. The van der Waals surface area contributed by atoms with Crippen molar-refractivity contribution in [3.8, 4) is 0 Å². The van der Waals surface area contributed by atoms with E-state index in [0.29, 0.717) is 18.3 Å². The van der Waals surface area contributed by atoms with E-state index in [1.54, 1.807) is 0 Å². The van der Waals surface area contributed by atoms with Crippen molar-refractivity contribution in [1.29, 1.82) is 0 Å². The van der Waals surface area contributed by atoms with Crippen molar-refractivity contribution in [3.05, 3.63) is 11.6 Å². The van der Waals surface area contributed by atoms with Gasteiger partial charge in [-0.3, -0.25) is 10.2 Å². The normalized spacial score (nSPS) is 52.2. The molecule has 0 aromatic carbocycles. The van der Waals surface area contributed by atoms with Crippen LogP contribution in [0.2, 0.25) is 0 Å². The highest BCUT2D eigenvalue weighted by molar-refractivity contribution is 5.83. The molecule has 0 heterocycles. The number of nitrogens with two attached hydrogens (primary N) is 1. The van der Waals surface area contributed by atoms with Gasteiger partial charge in [0, 0.05) is 0 Å². The quantitative estimate of drug-likeness (QED) is 0.179. The van der Waals surface area contributed by atoms with E-state index >= 15 is 0 Å². The second kappa shape index (κ2) is 7.57. The zero-order chi connectivity index (χ0) is 25.8. The summed E-state index contributed by atoms with van der Waals surface area (Å²) in [6.07, 6.45) is 10.1. The SMILES string of the molecule is CC1(C)CC[C@]2(C(=O)NN)CC[C@]3(C)C(=CC[C@@H]4[C@@]5(C)C[C@H](O)[C@H](O)C(C)(C)[C@H]5CC[C@]43C)[C@H]2C1. The van der Waals surface area contributed by atoms with Crippen molar-refractivity contribution in [2.24, 2.45) is 56.1 Å². The number of aliphatic hydroxyl groups excluding tert-OH is 2. The molecule has 0 aromatic heterocycles. The van der Waals surface area contributed by atoms with Crippen LogP contribution < -0.4 is 11.3 Å². The molecule has 5 nitrogen and oxygen atoms in total. The molecule has 5 N–H and O–H groups in total. The Hall–Kier alpha value is -0.910. The van der Waals surface area contributed by atoms with Crippen LogP contribution in [0, 0.1) is 50.2 Å². The zero-order valence-electron chi connectivity index (χ0n) is 23.2. The number of hydrogen-bond acceptors (Lipinski definition) is 4. The summed E-state index contributed by atoms with van der Waals surface area (Å²) in [7, 11) is 0. The Bertz CT molecular complexity index is 942. The van der Waals surface area contributed by atoms with Gasteiger partial charge in [0.2, 0.25) is 5.91 Å². The predicted octanol–water partition coefficient (Wildman–Crippen LogP) is 5.11. The summed E-state index contributed by atoms with van der Waals surface area (Å²) in [5.41, 5.74) is 3.75. The highest BCUT2D eigenvalue weighted by Crippen LogP contribution is 2.75. The largest absolute Gasteiger partial charge is 0.390 e. The Labute approximate surface area is 212 Å². The van der Waals surface area contributed by atoms with Crippen molar-refractivity contribution >= 4 is 5.91 Å².